The number of nitrogens with one attached hydrogen (secondary N) is 1. The average molecular weight is 452 g/mol. The smallest absolute Gasteiger partial charge is 0.252 e. The summed E-state index contributed by atoms with van der Waals surface area (Å²) in [4.78, 5) is 14.9. The van der Waals surface area contributed by atoms with Crippen molar-refractivity contribution in [2.45, 2.75) is 29.5 Å². The third-order valence-corrected chi connectivity index (χ3v) is 9.49. The number of carbonyl (C=O) groups is 1. The Labute approximate surface area is 180 Å². The fraction of sp³-hybridized carbons (Fsp3) is 0.476. The number of anilines is 1. The van der Waals surface area contributed by atoms with Gasteiger partial charge in [-0.25, -0.2) is 12.8 Å². The third-order valence-electron chi connectivity index (χ3n) is 6.22. The number of benzene rings is 1. The number of halogens is 1. The molecule has 4 rings (SSSR count). The molecule has 3 heterocycles. The van der Waals surface area contributed by atoms with Crippen LogP contribution in [0, 0.1) is 17.7 Å². The lowest BCUT2D eigenvalue weighted by Crippen LogP contribution is -2.43. The molecule has 1 amide bonds. The summed E-state index contributed by atoms with van der Waals surface area (Å²) in [7, 11) is -1.36. The number of hydrogen-bond donors (Lipinski definition) is 1. The minimum Gasteiger partial charge on any atom is -0.326 e. The van der Waals surface area contributed by atoms with Gasteiger partial charge in [0.05, 0.1) is 5.92 Å². The zero-order valence-electron chi connectivity index (χ0n) is 16.8. The van der Waals surface area contributed by atoms with E-state index >= 15 is 0 Å². The summed E-state index contributed by atoms with van der Waals surface area (Å²) < 4.78 is 40.5. The maximum absolute atomic E-state index is 13.1. The van der Waals surface area contributed by atoms with Crippen molar-refractivity contribution < 1.29 is 17.6 Å². The molecule has 0 unspecified atom stereocenters. The Kier molecular flexibility index (Phi) is 6.24. The Morgan fingerprint density at radius 2 is 1.87 bits per heavy atom. The lowest BCUT2D eigenvalue weighted by Gasteiger charge is -2.36. The van der Waals surface area contributed by atoms with Crippen molar-refractivity contribution in [1.82, 2.24) is 9.21 Å². The van der Waals surface area contributed by atoms with Crippen molar-refractivity contribution in [3.8, 4) is 0 Å². The zero-order chi connectivity index (χ0) is 21.3. The van der Waals surface area contributed by atoms with Crippen LogP contribution in [0.4, 0.5) is 10.1 Å². The van der Waals surface area contributed by atoms with Gasteiger partial charge in [0, 0.05) is 31.4 Å². The molecule has 1 aromatic carbocycles. The lowest BCUT2D eigenvalue weighted by atomic mass is 9.87. The highest BCUT2D eigenvalue weighted by Gasteiger charge is 2.40. The molecule has 2 aromatic rings. The fourth-order valence-electron chi connectivity index (χ4n) is 4.59. The van der Waals surface area contributed by atoms with Gasteiger partial charge in [-0.2, -0.15) is 4.31 Å². The quantitative estimate of drug-likeness (QED) is 0.758. The van der Waals surface area contributed by atoms with Gasteiger partial charge in [0.1, 0.15) is 10.0 Å². The molecule has 2 atom stereocenters. The van der Waals surface area contributed by atoms with Crippen LogP contribution < -0.4 is 5.32 Å². The fourth-order valence-corrected chi connectivity index (χ4v) is 7.20. The van der Waals surface area contributed by atoms with Crippen LogP contribution in [0.15, 0.2) is 46.0 Å². The second kappa shape index (κ2) is 8.74. The van der Waals surface area contributed by atoms with Gasteiger partial charge in [-0.1, -0.05) is 6.07 Å². The number of carbonyl (C=O) groups excluding carboxylic acids is 1. The molecule has 0 bridgehead atoms. The molecule has 9 heteroatoms. The molecule has 2 fully saturated rings. The molecule has 0 saturated carbocycles. The Morgan fingerprint density at radius 3 is 2.50 bits per heavy atom. The highest BCUT2D eigenvalue weighted by molar-refractivity contribution is 7.91. The van der Waals surface area contributed by atoms with Crippen molar-refractivity contribution in [3.05, 3.63) is 47.6 Å². The number of likely N-dealkylation sites (tertiary alicyclic amines) is 1. The maximum atomic E-state index is 13.1. The van der Waals surface area contributed by atoms with Crippen LogP contribution in [-0.4, -0.2) is 56.3 Å². The molecule has 2 aliphatic rings. The molecule has 1 N–H and O–H groups in total. The van der Waals surface area contributed by atoms with Gasteiger partial charge >= 0.3 is 0 Å². The van der Waals surface area contributed by atoms with Gasteiger partial charge in [0.25, 0.3) is 10.0 Å². The standard InChI is InChI=1S/C21H26FN3O3S2/c1-24-14-16(21(26)23-18-6-4-17(22)5-7-18)13-19(24)15-8-10-25(11-9-15)30(27,28)20-3-2-12-29-20/h2-7,12,15-16,19H,8-11,13-14H2,1H3,(H,23,26)/t16-,19+/m1/s1. The van der Waals surface area contributed by atoms with Crippen LogP contribution >= 0.6 is 11.3 Å². The van der Waals surface area contributed by atoms with Crippen molar-refractivity contribution in [2.24, 2.45) is 11.8 Å². The molecule has 0 radical (unpaired) electrons. The molecule has 2 aliphatic heterocycles. The normalized spacial score (nSPS) is 24.2. The van der Waals surface area contributed by atoms with E-state index in [1.807, 2.05) is 7.05 Å². The Bertz CT molecular complexity index is 971. The van der Waals surface area contributed by atoms with Crippen molar-refractivity contribution in [3.63, 3.8) is 0 Å². The van der Waals surface area contributed by atoms with E-state index in [4.69, 9.17) is 0 Å². The van der Waals surface area contributed by atoms with E-state index in [0.717, 1.165) is 19.3 Å². The van der Waals surface area contributed by atoms with E-state index in [2.05, 4.69) is 10.2 Å². The first-order valence-corrected chi connectivity index (χ1v) is 12.5. The monoisotopic (exact) mass is 451 g/mol. The number of piperidine rings is 1. The van der Waals surface area contributed by atoms with Crippen LogP contribution in [0.3, 0.4) is 0 Å². The molecule has 30 heavy (non-hydrogen) atoms. The van der Waals surface area contributed by atoms with Gasteiger partial charge in [0.15, 0.2) is 0 Å². The number of amides is 1. The van der Waals surface area contributed by atoms with Gasteiger partial charge in [-0.3, -0.25) is 4.79 Å². The van der Waals surface area contributed by atoms with Crippen LogP contribution in [0.1, 0.15) is 19.3 Å². The summed E-state index contributed by atoms with van der Waals surface area (Å²) in [6.45, 7) is 1.70. The Morgan fingerprint density at radius 1 is 1.17 bits per heavy atom. The van der Waals surface area contributed by atoms with Crippen LogP contribution in [0.5, 0.6) is 0 Å². The predicted molar refractivity (Wildman–Crippen MR) is 115 cm³/mol. The van der Waals surface area contributed by atoms with Crippen LogP contribution in [-0.2, 0) is 14.8 Å². The van der Waals surface area contributed by atoms with Gasteiger partial charge < -0.3 is 10.2 Å². The minimum atomic E-state index is -3.39. The SMILES string of the molecule is CN1C[C@H](C(=O)Nc2ccc(F)cc2)C[C@H]1C1CCN(S(=O)(=O)c2cccs2)CC1. The topological polar surface area (TPSA) is 69.7 Å². The number of sulfonamides is 1. The molecule has 0 spiro atoms. The summed E-state index contributed by atoms with van der Waals surface area (Å²) in [6.07, 6.45) is 2.35. The molecule has 0 aliphatic carbocycles. The second-order valence-corrected chi connectivity index (χ2v) is 11.2. The number of rotatable bonds is 5. The van der Waals surface area contributed by atoms with E-state index in [1.165, 1.54) is 23.5 Å². The highest BCUT2D eigenvalue weighted by Crippen LogP contribution is 2.35. The van der Waals surface area contributed by atoms with Crippen LogP contribution in [0.25, 0.3) is 0 Å². The zero-order valence-corrected chi connectivity index (χ0v) is 18.5. The number of thiophene rings is 1. The van der Waals surface area contributed by atoms with Crippen molar-refractivity contribution >= 4 is 33.0 Å². The van der Waals surface area contributed by atoms with Crippen molar-refractivity contribution in [1.29, 1.82) is 0 Å². The molecular weight excluding hydrogens is 425 g/mol. The van der Waals surface area contributed by atoms with E-state index in [9.17, 15) is 17.6 Å². The summed E-state index contributed by atoms with van der Waals surface area (Å²) in [5, 5.41) is 4.66. The summed E-state index contributed by atoms with van der Waals surface area (Å²) in [6, 6.07) is 9.46. The summed E-state index contributed by atoms with van der Waals surface area (Å²) >= 11 is 1.25. The van der Waals surface area contributed by atoms with Gasteiger partial charge in [-0.15, -0.1) is 11.3 Å². The maximum Gasteiger partial charge on any atom is 0.252 e. The lowest BCUT2D eigenvalue weighted by molar-refractivity contribution is -0.119. The second-order valence-electron chi connectivity index (χ2n) is 8.11. The Balaban J connectivity index is 1.33. The van der Waals surface area contributed by atoms with Crippen LogP contribution in [0.2, 0.25) is 0 Å². The van der Waals surface area contributed by atoms with Crippen molar-refractivity contribution in [2.75, 3.05) is 32.0 Å². The number of hydrogen-bond acceptors (Lipinski definition) is 5. The molecular formula is C21H26FN3O3S2. The summed E-state index contributed by atoms with van der Waals surface area (Å²) in [5.41, 5.74) is 0.597. The average Bonchev–Trinajstić information content (AvgIpc) is 3.40. The minimum absolute atomic E-state index is 0.0475. The first-order chi connectivity index (χ1) is 14.3. The number of nitrogens with zero attached hydrogens (tertiary/aromatic N) is 2. The van der Waals surface area contributed by atoms with Gasteiger partial charge in [-0.05, 0) is 67.9 Å². The first-order valence-electron chi connectivity index (χ1n) is 10.1. The largest absolute Gasteiger partial charge is 0.326 e. The molecule has 1 aromatic heterocycles. The van der Waals surface area contributed by atoms with E-state index in [0.29, 0.717) is 35.4 Å². The van der Waals surface area contributed by atoms with E-state index in [-0.39, 0.29) is 23.7 Å². The third kappa shape index (κ3) is 4.44. The van der Waals surface area contributed by atoms with Gasteiger partial charge in [0.2, 0.25) is 5.91 Å². The predicted octanol–water partition coefficient (Wildman–Crippen LogP) is 3.25. The Hall–Kier alpha value is -1.81. The first kappa shape index (κ1) is 21.4. The molecule has 6 nitrogen and oxygen atoms in total. The highest BCUT2D eigenvalue weighted by atomic mass is 32.2. The molecule has 2 saturated heterocycles. The van der Waals surface area contributed by atoms with E-state index in [1.54, 1.807) is 34.0 Å². The summed E-state index contributed by atoms with van der Waals surface area (Å²) in [5.74, 6) is -0.138. The molecule has 162 valence electrons. The van der Waals surface area contributed by atoms with E-state index < -0.39 is 10.0 Å².